The fourth-order valence-corrected chi connectivity index (χ4v) is 2.92. The van der Waals surface area contributed by atoms with Gasteiger partial charge in [0.05, 0.1) is 6.26 Å². The quantitative estimate of drug-likeness (QED) is 0.834. The van der Waals surface area contributed by atoms with E-state index in [4.69, 9.17) is 0 Å². The molecule has 102 valence electrons. The molecule has 0 atom stereocenters. The average molecular weight is 262 g/mol. The topological polar surface area (TPSA) is 49.4 Å². The van der Waals surface area contributed by atoms with Crippen molar-refractivity contribution >= 4 is 10.0 Å². The first-order valence-electron chi connectivity index (χ1n) is 6.37. The third-order valence-electron chi connectivity index (χ3n) is 3.23. The van der Waals surface area contributed by atoms with Crippen molar-refractivity contribution in [1.82, 2.24) is 9.62 Å². The van der Waals surface area contributed by atoms with Crippen molar-refractivity contribution in [2.24, 2.45) is 5.41 Å². The van der Waals surface area contributed by atoms with Crippen LogP contribution >= 0.6 is 0 Å². The molecule has 1 heterocycles. The van der Waals surface area contributed by atoms with Crippen LogP contribution in [0.4, 0.5) is 0 Å². The summed E-state index contributed by atoms with van der Waals surface area (Å²) in [4.78, 5) is 0. The third kappa shape index (κ3) is 5.84. The monoisotopic (exact) mass is 262 g/mol. The van der Waals surface area contributed by atoms with Crippen LogP contribution < -0.4 is 5.32 Å². The Morgan fingerprint density at radius 3 is 2.18 bits per heavy atom. The zero-order chi connectivity index (χ0) is 13.1. The van der Waals surface area contributed by atoms with Gasteiger partial charge >= 0.3 is 0 Å². The Kier molecular flexibility index (Phi) is 4.98. The molecule has 0 aromatic carbocycles. The molecule has 0 saturated carbocycles. The number of hydrogen-bond donors (Lipinski definition) is 1. The number of rotatable bonds is 4. The molecule has 0 aliphatic carbocycles. The minimum Gasteiger partial charge on any atom is -0.314 e. The van der Waals surface area contributed by atoms with Gasteiger partial charge in [-0.05, 0) is 31.2 Å². The molecular weight excluding hydrogens is 236 g/mol. The number of nitrogens with zero attached hydrogens (tertiary/aromatic N) is 1. The van der Waals surface area contributed by atoms with Crippen molar-refractivity contribution < 1.29 is 8.42 Å². The van der Waals surface area contributed by atoms with Crippen LogP contribution in [0.1, 0.15) is 40.0 Å². The molecule has 1 aliphatic rings. The largest absolute Gasteiger partial charge is 0.314 e. The van der Waals surface area contributed by atoms with Crippen molar-refractivity contribution in [3.8, 4) is 0 Å². The molecule has 4 nitrogen and oxygen atoms in total. The molecule has 1 rings (SSSR count). The maximum Gasteiger partial charge on any atom is 0.211 e. The molecule has 17 heavy (non-hydrogen) atoms. The van der Waals surface area contributed by atoms with Gasteiger partial charge in [-0.15, -0.1) is 0 Å². The number of nitrogens with one attached hydrogen (secondary N) is 1. The average Bonchev–Trinajstić information content (AvgIpc) is 2.15. The summed E-state index contributed by atoms with van der Waals surface area (Å²) < 4.78 is 24.3. The van der Waals surface area contributed by atoms with Crippen LogP contribution in [0, 0.1) is 5.41 Å². The lowest BCUT2D eigenvalue weighted by Crippen LogP contribution is -2.45. The van der Waals surface area contributed by atoms with E-state index in [1.165, 1.54) is 6.26 Å². The molecule has 0 bridgehead atoms. The highest BCUT2D eigenvalue weighted by Crippen LogP contribution is 2.18. The van der Waals surface area contributed by atoms with Gasteiger partial charge in [-0.1, -0.05) is 20.8 Å². The van der Waals surface area contributed by atoms with E-state index in [1.54, 1.807) is 4.31 Å². The Bertz CT molecular complexity index is 325. The van der Waals surface area contributed by atoms with E-state index >= 15 is 0 Å². The molecule has 1 N–H and O–H groups in total. The Morgan fingerprint density at radius 2 is 1.76 bits per heavy atom. The summed E-state index contributed by atoms with van der Waals surface area (Å²) in [5.41, 5.74) is 0.362. The third-order valence-corrected chi connectivity index (χ3v) is 4.53. The van der Waals surface area contributed by atoms with Gasteiger partial charge in [0.25, 0.3) is 0 Å². The fourth-order valence-electron chi connectivity index (χ4n) is 2.04. The molecule has 0 unspecified atom stereocenters. The Hall–Kier alpha value is -0.130. The predicted molar refractivity (Wildman–Crippen MR) is 71.5 cm³/mol. The Morgan fingerprint density at radius 1 is 1.24 bits per heavy atom. The molecule has 0 radical (unpaired) electrons. The molecule has 1 aliphatic heterocycles. The zero-order valence-corrected chi connectivity index (χ0v) is 12.3. The summed E-state index contributed by atoms with van der Waals surface area (Å²) in [6, 6.07) is 0.482. The summed E-state index contributed by atoms with van der Waals surface area (Å²) in [6.45, 7) is 9.05. The van der Waals surface area contributed by atoms with E-state index in [1.807, 2.05) is 0 Å². The van der Waals surface area contributed by atoms with Crippen LogP contribution in [0.2, 0.25) is 0 Å². The molecular formula is C12H26N2O2S. The molecule has 0 aromatic heterocycles. The van der Waals surface area contributed by atoms with Crippen molar-refractivity contribution in [3.05, 3.63) is 0 Å². The van der Waals surface area contributed by atoms with Crippen LogP contribution in [0.3, 0.4) is 0 Å². The summed E-state index contributed by atoms with van der Waals surface area (Å²) >= 11 is 0. The highest BCUT2D eigenvalue weighted by molar-refractivity contribution is 7.88. The standard InChI is InChI=1S/C12H26N2O2S/c1-12(2,3)7-8-13-11-5-9-14(10-6-11)17(4,15)16/h11,13H,5-10H2,1-4H3. The maximum absolute atomic E-state index is 11.3. The van der Waals surface area contributed by atoms with Crippen LogP contribution in [-0.4, -0.2) is 44.7 Å². The van der Waals surface area contributed by atoms with Crippen LogP contribution in [0.5, 0.6) is 0 Å². The number of piperidine rings is 1. The molecule has 1 saturated heterocycles. The van der Waals surface area contributed by atoms with Crippen molar-refractivity contribution in [2.75, 3.05) is 25.9 Å². The van der Waals surface area contributed by atoms with Gasteiger partial charge in [-0.2, -0.15) is 0 Å². The van der Waals surface area contributed by atoms with Crippen LogP contribution in [-0.2, 0) is 10.0 Å². The van der Waals surface area contributed by atoms with Gasteiger partial charge in [-0.25, -0.2) is 12.7 Å². The summed E-state index contributed by atoms with van der Waals surface area (Å²) in [6.07, 6.45) is 4.30. The van der Waals surface area contributed by atoms with Gasteiger partial charge in [-0.3, -0.25) is 0 Å². The van der Waals surface area contributed by atoms with E-state index in [-0.39, 0.29) is 0 Å². The number of hydrogen-bond acceptors (Lipinski definition) is 3. The maximum atomic E-state index is 11.3. The summed E-state index contributed by atoms with van der Waals surface area (Å²) in [5, 5.41) is 3.53. The first-order valence-corrected chi connectivity index (χ1v) is 8.22. The van der Waals surface area contributed by atoms with Crippen molar-refractivity contribution in [2.45, 2.75) is 46.1 Å². The fraction of sp³-hybridized carbons (Fsp3) is 1.00. The van der Waals surface area contributed by atoms with Crippen LogP contribution in [0.25, 0.3) is 0 Å². The van der Waals surface area contributed by atoms with E-state index < -0.39 is 10.0 Å². The molecule has 1 fully saturated rings. The lowest BCUT2D eigenvalue weighted by atomic mass is 9.92. The van der Waals surface area contributed by atoms with E-state index in [9.17, 15) is 8.42 Å². The first kappa shape index (κ1) is 14.9. The normalized spacial score (nSPS) is 20.7. The van der Waals surface area contributed by atoms with Gasteiger partial charge < -0.3 is 5.32 Å². The Labute approximate surface area is 106 Å². The smallest absolute Gasteiger partial charge is 0.211 e. The van der Waals surface area contributed by atoms with Gasteiger partial charge in [0.1, 0.15) is 0 Å². The summed E-state index contributed by atoms with van der Waals surface area (Å²) in [5.74, 6) is 0. The minimum absolute atomic E-state index is 0.362. The molecule has 0 spiro atoms. The second-order valence-corrected chi connectivity index (χ2v) is 8.18. The van der Waals surface area contributed by atoms with Gasteiger partial charge in [0, 0.05) is 19.1 Å². The second-order valence-electron chi connectivity index (χ2n) is 6.20. The summed E-state index contributed by atoms with van der Waals surface area (Å²) in [7, 11) is -2.99. The highest BCUT2D eigenvalue weighted by atomic mass is 32.2. The van der Waals surface area contributed by atoms with E-state index in [0.29, 0.717) is 24.5 Å². The van der Waals surface area contributed by atoms with Crippen molar-refractivity contribution in [1.29, 1.82) is 0 Å². The minimum atomic E-state index is -2.99. The SMILES string of the molecule is CC(C)(C)CCNC1CCN(S(C)(=O)=O)CC1. The van der Waals surface area contributed by atoms with Gasteiger partial charge in [0.2, 0.25) is 10.0 Å². The first-order chi connectivity index (χ1) is 7.68. The van der Waals surface area contributed by atoms with E-state index in [2.05, 4.69) is 26.1 Å². The molecule has 0 aromatic rings. The van der Waals surface area contributed by atoms with E-state index in [0.717, 1.165) is 25.8 Å². The number of sulfonamides is 1. The zero-order valence-electron chi connectivity index (χ0n) is 11.5. The molecule has 0 amide bonds. The van der Waals surface area contributed by atoms with Crippen LogP contribution in [0.15, 0.2) is 0 Å². The van der Waals surface area contributed by atoms with Gasteiger partial charge in [0.15, 0.2) is 0 Å². The highest BCUT2D eigenvalue weighted by Gasteiger charge is 2.24. The lowest BCUT2D eigenvalue weighted by molar-refractivity contribution is 0.277. The Balaban J connectivity index is 2.24. The second kappa shape index (κ2) is 5.67. The molecule has 5 heteroatoms. The predicted octanol–water partition coefficient (Wildman–Crippen LogP) is 1.44. The van der Waals surface area contributed by atoms with Crippen molar-refractivity contribution in [3.63, 3.8) is 0 Å². The lowest BCUT2D eigenvalue weighted by Gasteiger charge is -2.31.